The zero-order chi connectivity index (χ0) is 54.2. The largest absolute Gasteiger partial charge is 0.508 e. The third-order valence-electron chi connectivity index (χ3n) is 11.4. The molecule has 2 aliphatic heterocycles. The molecule has 0 radical (unpaired) electrons. The standard InChI is InChI=1S/C54H60O21/c1-30(55)63-28-45-47(67-32(3)57)49(68-33(4)58)52(71-36(7)61)54(74-45)75-48-46(29-64-31(2)56)73-53(51(70-35(6)60)50(48)69-34(5)59)72-42-23-20-39(43(62)24-42)18-19-40-21-22-41(65-26-37-14-10-8-11-15-37)25-44(40)66-27-38-16-12-9-13-17-38/h8-17,20-25,45-54,62H,18-19,26-29H2,1-7H3/t45-,46-,47-,48-,49+,50+,51-,52-,53-,54+/m1/s1. The molecule has 2 saturated heterocycles. The Balaban J connectivity index is 1.28. The average Bonchev–Trinajstić information content (AvgIpc) is 3.35. The van der Waals surface area contributed by atoms with Crippen LogP contribution in [0.2, 0.25) is 0 Å². The minimum Gasteiger partial charge on any atom is -0.508 e. The Kier molecular flexibility index (Phi) is 20.3. The molecule has 0 aromatic heterocycles. The Labute approximate surface area is 432 Å². The van der Waals surface area contributed by atoms with Crippen molar-refractivity contribution in [3.8, 4) is 23.0 Å². The predicted molar refractivity (Wildman–Crippen MR) is 257 cm³/mol. The zero-order valence-electron chi connectivity index (χ0n) is 42.4. The van der Waals surface area contributed by atoms with Crippen LogP contribution in [0, 0.1) is 0 Å². The summed E-state index contributed by atoms with van der Waals surface area (Å²) in [4.78, 5) is 87.6. The van der Waals surface area contributed by atoms with E-state index in [0.717, 1.165) is 65.2 Å². The monoisotopic (exact) mass is 1040 g/mol. The maximum absolute atomic E-state index is 12.9. The van der Waals surface area contributed by atoms with Gasteiger partial charge in [0.1, 0.15) is 67.7 Å². The molecule has 0 aliphatic carbocycles. The first-order valence-corrected chi connectivity index (χ1v) is 23.9. The lowest BCUT2D eigenvalue weighted by molar-refractivity contribution is -0.354. The SMILES string of the molecule is CC(=O)OC[C@H]1O[C@@H](O[C@H]2[C@H](OC(C)=O)[C@@H](OC(C)=O)[C@H](Oc3ccc(CCc4ccc(OCc5ccccc5)cc4OCc4ccccc4)c(O)c3)O[C@@H]2COC(C)=O)[C@H](OC(C)=O)[C@@H](OC(C)=O)[C@@H]1OC(C)=O. The van der Waals surface area contributed by atoms with Gasteiger partial charge in [0.15, 0.2) is 30.7 Å². The van der Waals surface area contributed by atoms with Gasteiger partial charge in [0.25, 0.3) is 0 Å². The molecule has 4 aromatic carbocycles. The number of benzene rings is 4. The lowest BCUT2D eigenvalue weighted by Crippen LogP contribution is -2.67. The number of carbonyl (C=O) groups excluding carboxylic acids is 7. The summed E-state index contributed by atoms with van der Waals surface area (Å²) in [6.07, 6.45) is -15.8. The van der Waals surface area contributed by atoms with E-state index in [1.54, 1.807) is 6.07 Å². The normalized spacial score (nSPS) is 23.0. The van der Waals surface area contributed by atoms with Crippen LogP contribution < -0.4 is 14.2 Å². The van der Waals surface area contributed by atoms with Crippen molar-refractivity contribution < 1.29 is 100 Å². The Morgan fingerprint density at radius 1 is 0.453 bits per heavy atom. The fourth-order valence-corrected chi connectivity index (χ4v) is 8.24. The molecule has 0 unspecified atom stereocenters. The van der Waals surface area contributed by atoms with Crippen molar-refractivity contribution in [1.82, 2.24) is 0 Å². The van der Waals surface area contributed by atoms with E-state index < -0.39 is 116 Å². The van der Waals surface area contributed by atoms with Gasteiger partial charge in [-0.15, -0.1) is 0 Å². The van der Waals surface area contributed by atoms with Gasteiger partial charge in [-0.25, -0.2) is 0 Å². The highest BCUT2D eigenvalue weighted by molar-refractivity contribution is 5.69. The Hall–Kier alpha value is -7.75. The van der Waals surface area contributed by atoms with Crippen LogP contribution in [0.5, 0.6) is 23.0 Å². The van der Waals surface area contributed by atoms with Crippen LogP contribution in [0.1, 0.15) is 70.7 Å². The van der Waals surface area contributed by atoms with Gasteiger partial charge in [-0.2, -0.15) is 0 Å². The molecular formula is C54H60O21. The number of carbonyl (C=O) groups is 7. The number of ether oxygens (including phenoxy) is 13. The van der Waals surface area contributed by atoms with Gasteiger partial charge in [0.05, 0.1) is 0 Å². The molecule has 21 nitrogen and oxygen atoms in total. The highest BCUT2D eigenvalue weighted by atomic mass is 16.8. The van der Waals surface area contributed by atoms with E-state index in [4.69, 9.17) is 61.6 Å². The second kappa shape index (κ2) is 27.0. The molecule has 2 aliphatic rings. The zero-order valence-corrected chi connectivity index (χ0v) is 42.4. The quantitative estimate of drug-likeness (QED) is 0.0770. The maximum Gasteiger partial charge on any atom is 0.303 e. The van der Waals surface area contributed by atoms with Crippen molar-refractivity contribution in [2.75, 3.05) is 13.2 Å². The second-order valence-electron chi connectivity index (χ2n) is 17.4. The Bertz CT molecular complexity index is 2600. The fourth-order valence-electron chi connectivity index (χ4n) is 8.24. The Morgan fingerprint density at radius 2 is 0.893 bits per heavy atom. The topological polar surface area (TPSA) is 260 Å². The summed E-state index contributed by atoms with van der Waals surface area (Å²) in [5.74, 6) is -5.11. The molecule has 4 aromatic rings. The van der Waals surface area contributed by atoms with Crippen molar-refractivity contribution in [3.05, 3.63) is 119 Å². The summed E-state index contributed by atoms with van der Waals surface area (Å²) in [7, 11) is 0. The number of phenols is 1. The lowest BCUT2D eigenvalue weighted by Gasteiger charge is -2.48. The third kappa shape index (κ3) is 16.9. The van der Waals surface area contributed by atoms with Crippen molar-refractivity contribution in [3.63, 3.8) is 0 Å². The molecular weight excluding hydrogens is 985 g/mol. The second-order valence-corrected chi connectivity index (χ2v) is 17.4. The summed E-state index contributed by atoms with van der Waals surface area (Å²) < 4.78 is 76.1. The van der Waals surface area contributed by atoms with Crippen LogP contribution in [0.3, 0.4) is 0 Å². The van der Waals surface area contributed by atoms with Crippen molar-refractivity contribution >= 4 is 41.8 Å². The first-order chi connectivity index (χ1) is 35.8. The summed E-state index contributed by atoms with van der Waals surface area (Å²) in [5, 5.41) is 11.4. The van der Waals surface area contributed by atoms with Gasteiger partial charge >= 0.3 is 41.8 Å². The van der Waals surface area contributed by atoms with Gasteiger partial charge in [0.2, 0.25) is 12.4 Å². The molecule has 1 N–H and O–H groups in total. The molecule has 6 rings (SSSR count). The Morgan fingerprint density at radius 3 is 1.43 bits per heavy atom. The van der Waals surface area contributed by atoms with Crippen LogP contribution in [-0.4, -0.2) is 122 Å². The highest BCUT2D eigenvalue weighted by Gasteiger charge is 2.58. The molecule has 0 spiro atoms. The number of phenolic OH excluding ortho intramolecular Hbond substituents is 1. The number of hydrogen-bond donors (Lipinski definition) is 1. The summed E-state index contributed by atoms with van der Waals surface area (Å²) >= 11 is 0. The molecule has 0 amide bonds. The molecule has 21 heteroatoms. The van der Waals surface area contributed by atoms with E-state index in [1.165, 1.54) is 12.1 Å². The van der Waals surface area contributed by atoms with Crippen LogP contribution in [-0.2, 0) is 107 Å². The van der Waals surface area contributed by atoms with Gasteiger partial charge in [-0.1, -0.05) is 72.8 Å². The molecule has 0 bridgehead atoms. The summed E-state index contributed by atoms with van der Waals surface area (Å²) in [6, 6.07) is 29.5. The van der Waals surface area contributed by atoms with E-state index in [9.17, 15) is 38.7 Å². The van der Waals surface area contributed by atoms with Crippen molar-refractivity contribution in [2.45, 2.75) is 136 Å². The fraction of sp³-hybridized carbons (Fsp3) is 0.426. The van der Waals surface area contributed by atoms with Gasteiger partial charge in [-0.05, 0) is 47.2 Å². The van der Waals surface area contributed by atoms with Crippen LogP contribution >= 0.6 is 0 Å². The summed E-state index contributed by atoms with van der Waals surface area (Å²) in [5.41, 5.74) is 3.33. The van der Waals surface area contributed by atoms with E-state index >= 15 is 0 Å². The highest BCUT2D eigenvalue weighted by Crippen LogP contribution is 2.37. The first kappa shape index (κ1) is 56.5. The first-order valence-electron chi connectivity index (χ1n) is 23.9. The molecule has 402 valence electrons. The lowest BCUT2D eigenvalue weighted by atomic mass is 9.96. The minimum absolute atomic E-state index is 0.00281. The predicted octanol–water partition coefficient (Wildman–Crippen LogP) is 5.33. The number of aromatic hydroxyl groups is 1. The number of hydrogen-bond acceptors (Lipinski definition) is 21. The van der Waals surface area contributed by atoms with E-state index in [2.05, 4.69) is 0 Å². The van der Waals surface area contributed by atoms with Crippen LogP contribution in [0.4, 0.5) is 0 Å². The van der Waals surface area contributed by atoms with Crippen molar-refractivity contribution in [2.24, 2.45) is 0 Å². The minimum atomic E-state index is -1.87. The molecule has 2 fully saturated rings. The van der Waals surface area contributed by atoms with Crippen molar-refractivity contribution in [1.29, 1.82) is 0 Å². The summed E-state index contributed by atoms with van der Waals surface area (Å²) in [6.45, 7) is 6.83. The molecule has 10 atom stereocenters. The number of esters is 7. The van der Waals surface area contributed by atoms with E-state index in [-0.39, 0.29) is 11.5 Å². The van der Waals surface area contributed by atoms with Gasteiger partial charge < -0.3 is 66.7 Å². The smallest absolute Gasteiger partial charge is 0.303 e. The van der Waals surface area contributed by atoms with E-state index in [0.29, 0.717) is 43.1 Å². The third-order valence-corrected chi connectivity index (χ3v) is 11.4. The van der Waals surface area contributed by atoms with Gasteiger partial charge in [0, 0.05) is 60.6 Å². The number of rotatable bonds is 22. The number of aryl methyl sites for hydroxylation is 2. The van der Waals surface area contributed by atoms with E-state index in [1.807, 2.05) is 78.9 Å². The average molecular weight is 1050 g/mol. The van der Waals surface area contributed by atoms with Gasteiger partial charge in [-0.3, -0.25) is 33.6 Å². The molecule has 2 heterocycles. The molecule has 75 heavy (non-hydrogen) atoms. The van der Waals surface area contributed by atoms with Crippen LogP contribution in [0.15, 0.2) is 97.1 Å². The molecule has 0 saturated carbocycles. The van der Waals surface area contributed by atoms with Crippen LogP contribution in [0.25, 0.3) is 0 Å². The maximum atomic E-state index is 12.9.